The molecule has 0 unspecified atom stereocenters. The van der Waals surface area contributed by atoms with Crippen molar-refractivity contribution >= 4 is 5.95 Å². The van der Waals surface area contributed by atoms with Crippen LogP contribution in [0.1, 0.15) is 33.4 Å². The van der Waals surface area contributed by atoms with Gasteiger partial charge in [0.2, 0.25) is 11.8 Å². The Morgan fingerprint density at radius 3 is 2.42 bits per heavy atom. The Labute approximate surface area is 115 Å². The van der Waals surface area contributed by atoms with Crippen LogP contribution >= 0.6 is 0 Å². The zero-order chi connectivity index (χ0) is 14.2. The standard InChI is InChI=1S/C14H24N4O/c1-9(2)14(15)7-18(8-14)13-16-11(5)6-12(17-13)19-10(3)4/h6,9-10H,7-8,15H2,1-5H3. The average molecular weight is 264 g/mol. The minimum atomic E-state index is -0.119. The van der Waals surface area contributed by atoms with Crippen molar-refractivity contribution in [1.82, 2.24) is 9.97 Å². The molecule has 2 N–H and O–H groups in total. The molecule has 5 nitrogen and oxygen atoms in total. The second-order valence-corrected chi connectivity index (χ2v) is 6.06. The van der Waals surface area contributed by atoms with Crippen LogP contribution < -0.4 is 15.4 Å². The Balaban J connectivity index is 2.12. The highest BCUT2D eigenvalue weighted by Crippen LogP contribution is 2.30. The number of ether oxygens (including phenoxy) is 1. The van der Waals surface area contributed by atoms with Gasteiger partial charge in [0, 0.05) is 24.8 Å². The van der Waals surface area contributed by atoms with Gasteiger partial charge in [-0.25, -0.2) is 4.98 Å². The minimum absolute atomic E-state index is 0.114. The number of anilines is 1. The van der Waals surface area contributed by atoms with E-state index in [0.29, 0.717) is 11.8 Å². The van der Waals surface area contributed by atoms with Crippen LogP contribution in [0, 0.1) is 12.8 Å². The molecule has 5 heteroatoms. The lowest BCUT2D eigenvalue weighted by Crippen LogP contribution is -2.70. The SMILES string of the molecule is Cc1cc(OC(C)C)nc(N2CC(N)(C(C)C)C2)n1. The van der Waals surface area contributed by atoms with E-state index in [4.69, 9.17) is 10.5 Å². The molecule has 106 valence electrons. The van der Waals surface area contributed by atoms with Gasteiger partial charge in [0.1, 0.15) is 0 Å². The zero-order valence-corrected chi connectivity index (χ0v) is 12.5. The summed E-state index contributed by atoms with van der Waals surface area (Å²) in [6.07, 6.45) is 0.114. The lowest BCUT2D eigenvalue weighted by Gasteiger charge is -2.50. The van der Waals surface area contributed by atoms with Crippen LogP contribution in [-0.4, -0.2) is 34.7 Å². The van der Waals surface area contributed by atoms with Gasteiger partial charge in [0.25, 0.3) is 0 Å². The molecule has 0 aliphatic carbocycles. The van der Waals surface area contributed by atoms with Crippen molar-refractivity contribution in [2.75, 3.05) is 18.0 Å². The van der Waals surface area contributed by atoms with Gasteiger partial charge < -0.3 is 15.4 Å². The van der Waals surface area contributed by atoms with E-state index in [0.717, 1.165) is 24.7 Å². The van der Waals surface area contributed by atoms with Crippen molar-refractivity contribution in [1.29, 1.82) is 0 Å². The van der Waals surface area contributed by atoms with Crippen LogP contribution in [0.5, 0.6) is 5.88 Å². The van der Waals surface area contributed by atoms with Crippen LogP contribution in [0.3, 0.4) is 0 Å². The number of hydrogen-bond acceptors (Lipinski definition) is 5. The predicted molar refractivity (Wildman–Crippen MR) is 76.5 cm³/mol. The van der Waals surface area contributed by atoms with Crippen molar-refractivity contribution in [3.63, 3.8) is 0 Å². The number of rotatable bonds is 4. The Morgan fingerprint density at radius 2 is 1.89 bits per heavy atom. The summed E-state index contributed by atoms with van der Waals surface area (Å²) in [6, 6.07) is 1.86. The Kier molecular flexibility index (Phi) is 3.67. The van der Waals surface area contributed by atoms with Crippen LogP contribution in [0.4, 0.5) is 5.95 Å². The molecular weight excluding hydrogens is 240 g/mol. The van der Waals surface area contributed by atoms with Crippen molar-refractivity contribution in [3.8, 4) is 5.88 Å². The van der Waals surface area contributed by atoms with Crippen LogP contribution in [0.25, 0.3) is 0 Å². The van der Waals surface area contributed by atoms with Crippen LogP contribution in [-0.2, 0) is 0 Å². The maximum Gasteiger partial charge on any atom is 0.228 e. The first kappa shape index (κ1) is 14.1. The van der Waals surface area contributed by atoms with E-state index in [1.165, 1.54) is 0 Å². The number of aromatic nitrogens is 2. The third-order valence-electron chi connectivity index (χ3n) is 3.58. The Hall–Kier alpha value is -1.36. The molecule has 1 saturated heterocycles. The molecule has 1 fully saturated rings. The lowest BCUT2D eigenvalue weighted by molar-refractivity contribution is 0.226. The highest BCUT2D eigenvalue weighted by molar-refractivity contribution is 5.41. The lowest BCUT2D eigenvalue weighted by atomic mass is 9.80. The van der Waals surface area contributed by atoms with E-state index in [9.17, 15) is 0 Å². The molecule has 2 rings (SSSR count). The second-order valence-electron chi connectivity index (χ2n) is 6.06. The fraction of sp³-hybridized carbons (Fsp3) is 0.714. The Morgan fingerprint density at radius 1 is 1.26 bits per heavy atom. The number of hydrogen-bond donors (Lipinski definition) is 1. The maximum absolute atomic E-state index is 6.30. The van der Waals surface area contributed by atoms with E-state index in [1.54, 1.807) is 0 Å². The van der Waals surface area contributed by atoms with Crippen molar-refractivity contribution in [2.45, 2.75) is 46.3 Å². The molecule has 2 heterocycles. The third kappa shape index (κ3) is 2.97. The summed E-state index contributed by atoms with van der Waals surface area (Å²) >= 11 is 0. The Bertz CT molecular complexity index is 453. The second kappa shape index (κ2) is 4.96. The van der Waals surface area contributed by atoms with Crippen LogP contribution in [0.2, 0.25) is 0 Å². The molecule has 0 atom stereocenters. The monoisotopic (exact) mass is 264 g/mol. The van der Waals surface area contributed by atoms with Gasteiger partial charge >= 0.3 is 0 Å². The predicted octanol–water partition coefficient (Wildman–Crippen LogP) is 1.75. The summed E-state index contributed by atoms with van der Waals surface area (Å²) in [6.45, 7) is 11.8. The molecule has 1 aromatic rings. The van der Waals surface area contributed by atoms with Gasteiger partial charge in [0.05, 0.1) is 11.6 Å². The molecular formula is C14H24N4O. The van der Waals surface area contributed by atoms with E-state index in [2.05, 4.69) is 28.7 Å². The smallest absolute Gasteiger partial charge is 0.228 e. The zero-order valence-electron chi connectivity index (χ0n) is 12.5. The summed E-state index contributed by atoms with van der Waals surface area (Å²) in [5.74, 6) is 1.81. The van der Waals surface area contributed by atoms with Gasteiger partial charge in [-0.15, -0.1) is 0 Å². The molecule has 0 bridgehead atoms. The van der Waals surface area contributed by atoms with E-state index in [-0.39, 0.29) is 11.6 Å². The van der Waals surface area contributed by atoms with Gasteiger partial charge in [-0.2, -0.15) is 4.98 Å². The number of nitrogens with zero attached hydrogens (tertiary/aromatic N) is 3. The molecule has 0 aromatic carbocycles. The minimum Gasteiger partial charge on any atom is -0.475 e. The van der Waals surface area contributed by atoms with E-state index >= 15 is 0 Å². The van der Waals surface area contributed by atoms with E-state index < -0.39 is 0 Å². The van der Waals surface area contributed by atoms with Crippen molar-refractivity contribution in [2.24, 2.45) is 11.7 Å². The molecule has 19 heavy (non-hydrogen) atoms. The summed E-state index contributed by atoms with van der Waals surface area (Å²) in [5, 5.41) is 0. The maximum atomic E-state index is 6.30. The van der Waals surface area contributed by atoms with Crippen LogP contribution in [0.15, 0.2) is 6.07 Å². The van der Waals surface area contributed by atoms with Crippen molar-refractivity contribution < 1.29 is 4.74 Å². The quantitative estimate of drug-likeness (QED) is 0.897. The molecule has 0 saturated carbocycles. The van der Waals surface area contributed by atoms with Crippen molar-refractivity contribution in [3.05, 3.63) is 11.8 Å². The molecule has 1 aliphatic heterocycles. The fourth-order valence-electron chi connectivity index (χ4n) is 2.14. The fourth-order valence-corrected chi connectivity index (χ4v) is 2.14. The number of nitrogens with two attached hydrogens (primary N) is 1. The van der Waals surface area contributed by atoms with Gasteiger partial charge in [0.15, 0.2) is 0 Å². The van der Waals surface area contributed by atoms with Gasteiger partial charge in [-0.3, -0.25) is 0 Å². The van der Waals surface area contributed by atoms with E-state index in [1.807, 2.05) is 26.8 Å². The summed E-state index contributed by atoms with van der Waals surface area (Å²) in [5.41, 5.74) is 7.10. The summed E-state index contributed by atoms with van der Waals surface area (Å²) in [7, 11) is 0. The largest absolute Gasteiger partial charge is 0.475 e. The first-order chi connectivity index (χ1) is 8.80. The molecule has 0 radical (unpaired) electrons. The average Bonchev–Trinajstić information content (AvgIpc) is 2.22. The normalized spacial score (nSPS) is 17.8. The summed E-state index contributed by atoms with van der Waals surface area (Å²) < 4.78 is 5.64. The molecule has 0 spiro atoms. The van der Waals surface area contributed by atoms with Gasteiger partial charge in [-0.1, -0.05) is 13.8 Å². The molecule has 0 amide bonds. The first-order valence-corrected chi connectivity index (χ1v) is 6.86. The molecule has 1 aliphatic rings. The summed E-state index contributed by atoms with van der Waals surface area (Å²) in [4.78, 5) is 11.0. The highest BCUT2D eigenvalue weighted by Gasteiger charge is 2.43. The van der Waals surface area contributed by atoms with Gasteiger partial charge in [-0.05, 0) is 26.7 Å². The first-order valence-electron chi connectivity index (χ1n) is 6.86. The topological polar surface area (TPSA) is 64.3 Å². The third-order valence-corrected chi connectivity index (χ3v) is 3.58. The molecule has 1 aromatic heterocycles. The number of aryl methyl sites for hydroxylation is 1. The highest BCUT2D eigenvalue weighted by atomic mass is 16.5.